The van der Waals surface area contributed by atoms with Crippen molar-refractivity contribution in [3.63, 3.8) is 0 Å². The number of hydrogen-bond acceptors (Lipinski definition) is 6. The predicted molar refractivity (Wildman–Crippen MR) is 113 cm³/mol. The fourth-order valence-electron chi connectivity index (χ4n) is 3.09. The lowest BCUT2D eigenvalue weighted by atomic mass is 10.1. The van der Waals surface area contributed by atoms with E-state index in [1.165, 1.54) is 0 Å². The average molecular weight is 417 g/mol. The van der Waals surface area contributed by atoms with E-state index in [1.54, 1.807) is 24.3 Å². The maximum atomic E-state index is 12.5. The number of non-ortho nitro benzene ring substituents is 2. The number of pyridine rings is 1. The van der Waals surface area contributed by atoms with Crippen LogP contribution in [0.5, 0.6) is 0 Å². The molecular formula is C21H15N5O5. The molecule has 4 rings (SSSR count). The van der Waals surface area contributed by atoms with Crippen LogP contribution in [0.25, 0.3) is 16.9 Å². The molecule has 2 heterocycles. The number of benzene rings is 2. The standard InChI is InChI=1S/C21H15N5O5/c1-13-6-7-24-12-19(23-20(24)8-13)14-2-4-16(5-3-14)22-21(27)15-9-17(25(28)29)11-18(10-15)26(30)31/h2-12H,1H3,(H,22,27). The van der Waals surface area contributed by atoms with Gasteiger partial charge in [0.05, 0.1) is 27.2 Å². The minimum Gasteiger partial charge on any atom is -0.322 e. The Morgan fingerprint density at radius 1 is 0.968 bits per heavy atom. The maximum Gasteiger partial charge on any atom is 0.277 e. The van der Waals surface area contributed by atoms with Crippen LogP contribution in [-0.2, 0) is 0 Å². The second-order valence-corrected chi connectivity index (χ2v) is 6.88. The molecule has 0 radical (unpaired) electrons. The first-order valence-electron chi connectivity index (χ1n) is 9.11. The largest absolute Gasteiger partial charge is 0.322 e. The molecule has 0 unspecified atom stereocenters. The van der Waals surface area contributed by atoms with E-state index in [0.717, 1.165) is 40.7 Å². The third kappa shape index (κ3) is 4.08. The van der Waals surface area contributed by atoms with Crippen molar-refractivity contribution in [2.75, 3.05) is 5.32 Å². The molecule has 0 atom stereocenters. The lowest BCUT2D eigenvalue weighted by Crippen LogP contribution is -2.12. The van der Waals surface area contributed by atoms with Gasteiger partial charge in [0, 0.05) is 35.8 Å². The van der Waals surface area contributed by atoms with Gasteiger partial charge >= 0.3 is 0 Å². The summed E-state index contributed by atoms with van der Waals surface area (Å²) < 4.78 is 1.91. The second-order valence-electron chi connectivity index (χ2n) is 6.88. The van der Waals surface area contributed by atoms with Crippen LogP contribution in [0.15, 0.2) is 67.0 Å². The van der Waals surface area contributed by atoms with Gasteiger partial charge in [-0.15, -0.1) is 0 Å². The Bertz CT molecular complexity index is 1310. The molecule has 10 heteroatoms. The highest BCUT2D eigenvalue weighted by molar-refractivity contribution is 6.05. The fourth-order valence-corrected chi connectivity index (χ4v) is 3.09. The highest BCUT2D eigenvalue weighted by Crippen LogP contribution is 2.25. The molecule has 1 N–H and O–H groups in total. The highest BCUT2D eigenvalue weighted by atomic mass is 16.6. The number of fused-ring (bicyclic) bond motifs is 1. The third-order valence-electron chi connectivity index (χ3n) is 4.64. The SMILES string of the molecule is Cc1ccn2cc(-c3ccc(NC(=O)c4cc([N+](=O)[O-])cc([N+](=O)[O-])c4)cc3)nc2c1. The summed E-state index contributed by atoms with van der Waals surface area (Å²) >= 11 is 0. The summed E-state index contributed by atoms with van der Waals surface area (Å²) in [5.74, 6) is -0.692. The van der Waals surface area contributed by atoms with Crippen LogP contribution in [-0.4, -0.2) is 25.1 Å². The quantitative estimate of drug-likeness (QED) is 0.378. The Labute approximate surface area is 175 Å². The van der Waals surface area contributed by atoms with Crippen molar-refractivity contribution in [1.29, 1.82) is 0 Å². The Morgan fingerprint density at radius 3 is 2.23 bits per heavy atom. The average Bonchev–Trinajstić information content (AvgIpc) is 3.17. The summed E-state index contributed by atoms with van der Waals surface area (Å²) in [4.78, 5) is 37.5. The molecule has 0 bridgehead atoms. The number of nitro benzene ring substituents is 2. The third-order valence-corrected chi connectivity index (χ3v) is 4.64. The number of aryl methyl sites for hydroxylation is 1. The topological polar surface area (TPSA) is 133 Å². The molecule has 0 saturated carbocycles. The minimum atomic E-state index is -0.783. The molecule has 4 aromatic rings. The Morgan fingerprint density at radius 2 is 1.61 bits per heavy atom. The van der Waals surface area contributed by atoms with Crippen LogP contribution in [0.1, 0.15) is 15.9 Å². The monoisotopic (exact) mass is 417 g/mol. The number of rotatable bonds is 5. The number of hydrogen-bond donors (Lipinski definition) is 1. The number of nitrogens with zero attached hydrogens (tertiary/aromatic N) is 4. The van der Waals surface area contributed by atoms with Crippen molar-refractivity contribution in [2.24, 2.45) is 0 Å². The number of nitrogens with one attached hydrogen (secondary N) is 1. The number of nitro groups is 2. The molecule has 0 spiro atoms. The summed E-state index contributed by atoms with van der Waals surface area (Å²) in [6.45, 7) is 1.99. The van der Waals surface area contributed by atoms with E-state index in [4.69, 9.17) is 0 Å². The van der Waals surface area contributed by atoms with Gasteiger partial charge in [0.25, 0.3) is 17.3 Å². The van der Waals surface area contributed by atoms with Gasteiger partial charge in [-0.3, -0.25) is 25.0 Å². The van der Waals surface area contributed by atoms with E-state index in [-0.39, 0.29) is 5.56 Å². The van der Waals surface area contributed by atoms with Crippen LogP contribution in [0.4, 0.5) is 17.1 Å². The van der Waals surface area contributed by atoms with Crippen molar-refractivity contribution in [3.05, 3.63) is 98.3 Å². The fraction of sp³-hybridized carbons (Fsp3) is 0.0476. The van der Waals surface area contributed by atoms with Crippen molar-refractivity contribution in [2.45, 2.75) is 6.92 Å². The molecule has 0 fully saturated rings. The van der Waals surface area contributed by atoms with E-state index < -0.39 is 27.1 Å². The molecule has 1 amide bonds. The summed E-state index contributed by atoms with van der Waals surface area (Å²) in [6.07, 6.45) is 3.82. The lowest BCUT2D eigenvalue weighted by Gasteiger charge is -2.06. The van der Waals surface area contributed by atoms with Gasteiger partial charge in [0.1, 0.15) is 5.65 Å². The first-order chi connectivity index (χ1) is 14.8. The molecule has 0 aliphatic rings. The Kier molecular flexibility index (Phi) is 4.88. The first kappa shape index (κ1) is 19.7. The molecule has 31 heavy (non-hydrogen) atoms. The van der Waals surface area contributed by atoms with E-state index in [0.29, 0.717) is 5.69 Å². The van der Waals surface area contributed by atoms with Crippen LogP contribution in [0, 0.1) is 27.2 Å². The van der Waals surface area contributed by atoms with Gasteiger partial charge in [-0.2, -0.15) is 0 Å². The van der Waals surface area contributed by atoms with Crippen LogP contribution in [0.2, 0.25) is 0 Å². The molecule has 0 saturated heterocycles. The second kappa shape index (κ2) is 7.67. The number of carbonyl (C=O) groups is 1. The van der Waals surface area contributed by atoms with E-state index in [9.17, 15) is 25.0 Å². The van der Waals surface area contributed by atoms with Gasteiger partial charge in [-0.05, 0) is 36.8 Å². The normalized spacial score (nSPS) is 10.7. The van der Waals surface area contributed by atoms with Crippen LogP contribution < -0.4 is 5.32 Å². The van der Waals surface area contributed by atoms with Gasteiger partial charge in [-0.25, -0.2) is 4.98 Å². The summed E-state index contributed by atoms with van der Waals surface area (Å²) in [5, 5.41) is 24.6. The van der Waals surface area contributed by atoms with Crippen molar-refractivity contribution in [3.8, 4) is 11.3 Å². The van der Waals surface area contributed by atoms with Gasteiger partial charge in [-0.1, -0.05) is 12.1 Å². The zero-order valence-electron chi connectivity index (χ0n) is 16.2. The van der Waals surface area contributed by atoms with Crippen LogP contribution in [0.3, 0.4) is 0 Å². The van der Waals surface area contributed by atoms with Crippen molar-refractivity contribution in [1.82, 2.24) is 9.38 Å². The van der Waals surface area contributed by atoms with E-state index >= 15 is 0 Å². The van der Waals surface area contributed by atoms with Crippen molar-refractivity contribution >= 4 is 28.6 Å². The summed E-state index contributed by atoms with van der Waals surface area (Å²) in [7, 11) is 0. The highest BCUT2D eigenvalue weighted by Gasteiger charge is 2.20. The maximum absolute atomic E-state index is 12.5. The van der Waals surface area contributed by atoms with Crippen LogP contribution >= 0.6 is 0 Å². The summed E-state index contributed by atoms with van der Waals surface area (Å²) in [5.41, 5.74) is 2.71. The zero-order chi connectivity index (χ0) is 22.1. The predicted octanol–water partition coefficient (Wildman–Crippen LogP) is 4.38. The van der Waals surface area contributed by atoms with E-state index in [1.807, 2.05) is 35.9 Å². The molecule has 2 aromatic carbocycles. The number of amides is 1. The first-order valence-corrected chi connectivity index (χ1v) is 9.11. The molecule has 0 aliphatic carbocycles. The van der Waals surface area contributed by atoms with Gasteiger partial charge < -0.3 is 9.72 Å². The zero-order valence-corrected chi connectivity index (χ0v) is 16.2. The van der Waals surface area contributed by atoms with Crippen molar-refractivity contribution < 1.29 is 14.6 Å². The molecule has 2 aromatic heterocycles. The molecule has 10 nitrogen and oxygen atoms in total. The van der Waals surface area contributed by atoms with E-state index in [2.05, 4.69) is 10.3 Å². The number of anilines is 1. The Hall–Kier alpha value is -4.60. The van der Waals surface area contributed by atoms with Gasteiger partial charge in [0.15, 0.2) is 0 Å². The molecule has 154 valence electrons. The molecular weight excluding hydrogens is 402 g/mol. The lowest BCUT2D eigenvalue weighted by molar-refractivity contribution is -0.394. The number of imidazole rings is 1. The number of carbonyl (C=O) groups excluding carboxylic acids is 1. The molecule has 0 aliphatic heterocycles. The smallest absolute Gasteiger partial charge is 0.277 e. The van der Waals surface area contributed by atoms with Gasteiger partial charge in [0.2, 0.25) is 0 Å². The number of aromatic nitrogens is 2. The summed E-state index contributed by atoms with van der Waals surface area (Å²) in [6, 6.07) is 13.6. The minimum absolute atomic E-state index is 0.180. The Balaban J connectivity index is 1.56.